The van der Waals surface area contributed by atoms with E-state index in [4.69, 9.17) is 24.4 Å². The lowest BCUT2D eigenvalue weighted by atomic mass is 10.3. The van der Waals surface area contributed by atoms with Crippen molar-refractivity contribution < 1.29 is 24.4 Å². The number of hydrogen-bond acceptors (Lipinski definition) is 5. The number of methoxy groups -OCH3 is 1. The average molecular weight is 234 g/mol. The van der Waals surface area contributed by atoms with Crippen LogP contribution in [-0.4, -0.2) is 62.6 Å². The van der Waals surface area contributed by atoms with Crippen molar-refractivity contribution in [2.24, 2.45) is 0 Å². The fourth-order valence-electron chi connectivity index (χ4n) is 1.01. The highest BCUT2D eigenvalue weighted by Gasteiger charge is 2.11. The Balaban J connectivity index is 3.65. The minimum Gasteiger partial charge on any atom is -0.394 e. The molecule has 5 nitrogen and oxygen atoms in total. The van der Waals surface area contributed by atoms with Crippen molar-refractivity contribution in [3.05, 3.63) is 12.7 Å². The van der Waals surface area contributed by atoms with Gasteiger partial charge in [0.25, 0.3) is 0 Å². The molecular weight excluding hydrogens is 212 g/mol. The quantitative estimate of drug-likeness (QED) is 0.388. The summed E-state index contributed by atoms with van der Waals surface area (Å²) < 4.78 is 15.6. The van der Waals surface area contributed by atoms with E-state index in [-0.39, 0.29) is 19.3 Å². The minimum atomic E-state index is -0.854. The Bertz CT molecular complexity index is 162. The van der Waals surface area contributed by atoms with Gasteiger partial charge >= 0.3 is 0 Å². The maximum absolute atomic E-state index is 9.11. The zero-order valence-corrected chi connectivity index (χ0v) is 9.80. The van der Waals surface area contributed by atoms with Gasteiger partial charge in [-0.3, -0.25) is 0 Å². The van der Waals surface area contributed by atoms with Crippen LogP contribution in [0.4, 0.5) is 0 Å². The summed E-state index contributed by atoms with van der Waals surface area (Å²) in [5.41, 5.74) is 0. The van der Waals surface area contributed by atoms with E-state index in [1.165, 1.54) is 0 Å². The Morgan fingerprint density at radius 1 is 1.31 bits per heavy atom. The average Bonchev–Trinajstić information content (AvgIpc) is 2.30. The van der Waals surface area contributed by atoms with Gasteiger partial charge in [-0.15, -0.1) is 6.58 Å². The Kier molecular flexibility index (Phi) is 10.7. The van der Waals surface area contributed by atoms with Crippen LogP contribution in [0.25, 0.3) is 0 Å². The van der Waals surface area contributed by atoms with Crippen molar-refractivity contribution >= 4 is 0 Å². The predicted octanol–water partition coefficient (Wildman–Crippen LogP) is -0.0361. The molecule has 2 N–H and O–H groups in total. The summed E-state index contributed by atoms with van der Waals surface area (Å²) in [6.45, 7) is 4.75. The third-order valence-corrected chi connectivity index (χ3v) is 1.86. The molecule has 0 spiro atoms. The molecular formula is C11H22O5. The van der Waals surface area contributed by atoms with E-state index >= 15 is 0 Å². The van der Waals surface area contributed by atoms with Crippen molar-refractivity contribution in [3.8, 4) is 0 Å². The number of hydrogen-bond donors (Lipinski definition) is 2. The van der Waals surface area contributed by atoms with Crippen molar-refractivity contribution in [2.75, 3.05) is 40.1 Å². The molecule has 16 heavy (non-hydrogen) atoms. The largest absolute Gasteiger partial charge is 0.394 e. The van der Waals surface area contributed by atoms with Gasteiger partial charge in [0.15, 0.2) is 0 Å². The van der Waals surface area contributed by atoms with Crippen molar-refractivity contribution in [1.29, 1.82) is 0 Å². The van der Waals surface area contributed by atoms with Crippen LogP contribution in [0, 0.1) is 0 Å². The second kappa shape index (κ2) is 11.0. The number of rotatable bonds is 11. The Morgan fingerprint density at radius 2 is 2.06 bits per heavy atom. The zero-order chi connectivity index (χ0) is 12.2. The van der Waals surface area contributed by atoms with Crippen molar-refractivity contribution in [1.82, 2.24) is 0 Å². The Hall–Kier alpha value is -0.460. The molecule has 0 aliphatic heterocycles. The first-order chi connectivity index (χ1) is 7.74. The van der Waals surface area contributed by atoms with Crippen LogP contribution < -0.4 is 0 Å². The fraction of sp³-hybridized carbons (Fsp3) is 0.818. The Morgan fingerprint density at radius 3 is 2.62 bits per heavy atom. The van der Waals surface area contributed by atoms with E-state index in [9.17, 15) is 0 Å². The molecule has 0 aliphatic rings. The van der Waals surface area contributed by atoms with Crippen molar-refractivity contribution in [3.63, 3.8) is 0 Å². The molecule has 96 valence electrons. The van der Waals surface area contributed by atoms with Gasteiger partial charge in [0.05, 0.1) is 33.0 Å². The normalized spacial score (nSPS) is 14.7. The minimum absolute atomic E-state index is 0.0787. The molecule has 0 aromatic rings. The Labute approximate surface area is 96.6 Å². The van der Waals surface area contributed by atoms with Gasteiger partial charge in [0.2, 0.25) is 0 Å². The lowest BCUT2D eigenvalue weighted by Gasteiger charge is -2.18. The van der Waals surface area contributed by atoms with Crippen LogP contribution in [0.1, 0.15) is 6.42 Å². The van der Waals surface area contributed by atoms with Gasteiger partial charge in [-0.25, -0.2) is 0 Å². The maximum Gasteiger partial charge on any atom is 0.104 e. The molecule has 2 atom stereocenters. The van der Waals surface area contributed by atoms with E-state index < -0.39 is 6.10 Å². The lowest BCUT2D eigenvalue weighted by Crippen LogP contribution is -2.30. The van der Waals surface area contributed by atoms with E-state index in [1.807, 2.05) is 0 Å². The topological polar surface area (TPSA) is 68.2 Å². The van der Waals surface area contributed by atoms with Crippen LogP contribution >= 0.6 is 0 Å². The predicted molar refractivity (Wildman–Crippen MR) is 60.3 cm³/mol. The van der Waals surface area contributed by atoms with Crippen LogP contribution in [0.5, 0.6) is 0 Å². The second-order valence-corrected chi connectivity index (χ2v) is 3.40. The van der Waals surface area contributed by atoms with E-state index in [0.717, 1.165) is 6.42 Å². The molecule has 0 rings (SSSR count). The molecule has 0 aromatic carbocycles. The SMILES string of the molecule is C=CCCOCC(COC)OCC(O)CO. The van der Waals surface area contributed by atoms with E-state index in [1.54, 1.807) is 13.2 Å². The maximum atomic E-state index is 9.11. The molecule has 0 bridgehead atoms. The van der Waals surface area contributed by atoms with Gasteiger partial charge < -0.3 is 24.4 Å². The van der Waals surface area contributed by atoms with Gasteiger partial charge in [-0.2, -0.15) is 0 Å². The molecule has 0 heterocycles. The molecule has 0 amide bonds. The summed E-state index contributed by atoms with van der Waals surface area (Å²) in [5.74, 6) is 0. The molecule has 2 unspecified atom stereocenters. The smallest absolute Gasteiger partial charge is 0.104 e. The van der Waals surface area contributed by atoms with Gasteiger partial charge in [0.1, 0.15) is 12.2 Å². The summed E-state index contributed by atoms with van der Waals surface area (Å²) in [6, 6.07) is 0. The first-order valence-corrected chi connectivity index (χ1v) is 5.32. The van der Waals surface area contributed by atoms with Gasteiger partial charge in [-0.05, 0) is 6.42 Å². The molecule has 5 heteroatoms. The first-order valence-electron chi connectivity index (χ1n) is 5.32. The number of aliphatic hydroxyl groups excluding tert-OH is 2. The van der Waals surface area contributed by atoms with Crippen LogP contribution in [0.15, 0.2) is 12.7 Å². The van der Waals surface area contributed by atoms with Gasteiger partial charge in [-0.1, -0.05) is 6.08 Å². The number of aliphatic hydroxyl groups is 2. The molecule has 0 aromatic heterocycles. The van der Waals surface area contributed by atoms with E-state index in [0.29, 0.717) is 19.8 Å². The van der Waals surface area contributed by atoms with Gasteiger partial charge in [0, 0.05) is 7.11 Å². The van der Waals surface area contributed by atoms with Crippen molar-refractivity contribution in [2.45, 2.75) is 18.6 Å². The monoisotopic (exact) mass is 234 g/mol. The second-order valence-electron chi connectivity index (χ2n) is 3.40. The highest BCUT2D eigenvalue weighted by atomic mass is 16.6. The lowest BCUT2D eigenvalue weighted by molar-refractivity contribution is -0.0815. The summed E-state index contributed by atoms with van der Waals surface area (Å²) >= 11 is 0. The van der Waals surface area contributed by atoms with E-state index in [2.05, 4.69) is 6.58 Å². The summed E-state index contributed by atoms with van der Waals surface area (Å²) in [6.07, 6.45) is 1.49. The molecule has 0 aliphatic carbocycles. The third kappa shape index (κ3) is 8.82. The first kappa shape index (κ1) is 15.5. The highest BCUT2D eigenvalue weighted by Crippen LogP contribution is 1.97. The van der Waals surface area contributed by atoms with Crippen LogP contribution in [0.3, 0.4) is 0 Å². The summed E-state index contributed by atoms with van der Waals surface area (Å²) in [5, 5.41) is 17.7. The summed E-state index contributed by atoms with van der Waals surface area (Å²) in [7, 11) is 1.57. The molecule has 0 saturated heterocycles. The summed E-state index contributed by atoms with van der Waals surface area (Å²) in [4.78, 5) is 0. The van der Waals surface area contributed by atoms with Crippen LogP contribution in [-0.2, 0) is 14.2 Å². The number of ether oxygens (including phenoxy) is 3. The zero-order valence-electron chi connectivity index (χ0n) is 9.80. The molecule has 0 fully saturated rings. The molecule has 0 radical (unpaired) electrons. The molecule has 0 saturated carbocycles. The van der Waals surface area contributed by atoms with Crippen LogP contribution in [0.2, 0.25) is 0 Å². The standard InChI is InChI=1S/C11H22O5/c1-3-4-5-15-9-11(8-14-2)16-7-10(13)6-12/h3,10-13H,1,4-9H2,2H3. The third-order valence-electron chi connectivity index (χ3n) is 1.86. The fourth-order valence-corrected chi connectivity index (χ4v) is 1.01. The highest BCUT2D eigenvalue weighted by molar-refractivity contribution is 4.65.